The molecule has 6 aromatic rings. The minimum atomic E-state index is -1.90. The monoisotopic (exact) mass is 1060 g/mol. The molecule has 0 aliphatic carbocycles. The van der Waals surface area contributed by atoms with Crippen LogP contribution in [0.25, 0.3) is 44.6 Å². The number of carbonyl (C=O) groups excluding carboxylic acids is 2. The van der Waals surface area contributed by atoms with Crippen LogP contribution in [0.5, 0.6) is 0 Å². The number of cyclic esters (lactones) is 2. The number of hydrogen-bond donors (Lipinski definition) is 3. The van der Waals surface area contributed by atoms with Gasteiger partial charge in [0, 0.05) is 66.9 Å². The molecule has 4 aliphatic heterocycles. The lowest BCUT2D eigenvalue weighted by molar-refractivity contribution is -0.172. The summed E-state index contributed by atoms with van der Waals surface area (Å²) in [6, 6.07) is 9.88. The number of unbranched alkanes of at least 4 members (excludes halogenated alkanes) is 2. The average Bonchev–Trinajstić information content (AvgIpc) is 3.89. The van der Waals surface area contributed by atoms with Crippen molar-refractivity contribution >= 4 is 73.2 Å². The van der Waals surface area contributed by atoms with Crippen molar-refractivity contribution in [3.8, 4) is 22.8 Å². The zero-order valence-corrected chi connectivity index (χ0v) is 41.1. The number of halogens is 3. The van der Waals surface area contributed by atoms with Gasteiger partial charge in [-0.1, -0.05) is 44.6 Å². The van der Waals surface area contributed by atoms with E-state index in [0.29, 0.717) is 75.1 Å². The molecule has 0 unspecified atom stereocenters. The van der Waals surface area contributed by atoms with Crippen LogP contribution in [0.4, 0.5) is 8.78 Å². The van der Waals surface area contributed by atoms with Crippen LogP contribution in [0.15, 0.2) is 55.8 Å². The number of aliphatic hydroxyl groups excluding tert-OH is 1. The highest BCUT2D eigenvalue weighted by atomic mass is 79.9. The molecule has 4 aromatic heterocycles. The fraction of sp³-hybridized carbons (Fsp3) is 0.423. The van der Waals surface area contributed by atoms with Gasteiger partial charge in [-0.15, -0.1) is 23.5 Å². The van der Waals surface area contributed by atoms with Gasteiger partial charge in [0.15, 0.2) is 11.2 Å². The van der Waals surface area contributed by atoms with Gasteiger partial charge in [-0.05, 0) is 99.3 Å². The first-order chi connectivity index (χ1) is 32.7. The van der Waals surface area contributed by atoms with Crippen LogP contribution in [-0.2, 0) is 69.4 Å². The summed E-state index contributed by atoms with van der Waals surface area (Å²) in [5.74, 6) is -2.22. The Bertz CT molecular complexity index is 3020. The highest BCUT2D eigenvalue weighted by Crippen LogP contribution is 2.44. The van der Waals surface area contributed by atoms with E-state index in [1.165, 1.54) is 35.7 Å². The van der Waals surface area contributed by atoms with Gasteiger partial charge >= 0.3 is 11.9 Å². The molecular weight excluding hydrogens is 1010 g/mol. The average molecular weight is 1060 g/mol. The van der Waals surface area contributed by atoms with E-state index in [9.17, 15) is 43.3 Å². The van der Waals surface area contributed by atoms with Gasteiger partial charge in [0.1, 0.15) is 24.8 Å². The normalized spacial score (nSPS) is 18.0. The Labute approximate surface area is 421 Å². The quantitative estimate of drug-likeness (QED) is 0.0456. The van der Waals surface area contributed by atoms with Crippen molar-refractivity contribution in [3.05, 3.63) is 113 Å². The van der Waals surface area contributed by atoms with Crippen LogP contribution in [0.2, 0.25) is 0 Å². The maximum Gasteiger partial charge on any atom is 0.343 e. The third kappa shape index (κ3) is 8.49. The molecule has 70 heavy (non-hydrogen) atoms. The summed E-state index contributed by atoms with van der Waals surface area (Å²) in [5, 5.41) is 34.0. The van der Waals surface area contributed by atoms with E-state index in [1.54, 1.807) is 41.2 Å². The molecule has 10 rings (SSSR count). The lowest BCUT2D eigenvalue weighted by Gasteiger charge is -2.31. The van der Waals surface area contributed by atoms with E-state index in [-0.39, 0.29) is 87.0 Å². The van der Waals surface area contributed by atoms with E-state index >= 15 is 0 Å². The molecule has 372 valence electrons. The summed E-state index contributed by atoms with van der Waals surface area (Å²) in [6.45, 7) is 3.69. The number of pyridine rings is 4. The van der Waals surface area contributed by atoms with Crippen molar-refractivity contribution in [2.75, 3.05) is 24.4 Å². The van der Waals surface area contributed by atoms with Crippen molar-refractivity contribution in [3.63, 3.8) is 0 Å². The molecule has 0 amide bonds. The van der Waals surface area contributed by atoms with E-state index in [4.69, 9.17) is 19.4 Å². The lowest BCUT2D eigenvalue weighted by atomic mass is 9.86. The number of ether oxygens (including phenoxy) is 2. The second kappa shape index (κ2) is 20.6. The SMILES string of the molecule is C.C.CC[C@@]1(O)C(=O)OCc2c1cc1n(c2=O)Cc2c-1nc1cc(F)c(SC)cc1c2CCCCBr.CC[C@@]1(O)C(=O)OCc2c1cc1n(c2=O)Cc2c-1nc1cc(F)c(SC)cc1c2CCCCO. The zero-order chi connectivity index (χ0) is 48.4. The van der Waals surface area contributed by atoms with Crippen LogP contribution in [0.1, 0.15) is 112 Å². The molecular formula is C52H57BrF2N4O9S2. The third-order valence-corrected chi connectivity index (χ3v) is 15.9. The van der Waals surface area contributed by atoms with Gasteiger partial charge in [-0.3, -0.25) is 9.59 Å². The molecule has 4 aliphatic rings. The number of thioether (sulfide) groups is 2. The number of rotatable bonds is 12. The molecule has 8 heterocycles. The zero-order valence-electron chi connectivity index (χ0n) is 37.9. The number of nitrogens with zero attached hydrogens (tertiary/aromatic N) is 4. The maximum atomic E-state index is 14.7. The van der Waals surface area contributed by atoms with Crippen LogP contribution >= 0.6 is 39.5 Å². The van der Waals surface area contributed by atoms with E-state index < -0.39 is 23.1 Å². The minimum absolute atomic E-state index is 0. The Morgan fingerprint density at radius 1 is 0.657 bits per heavy atom. The number of aryl methyl sites for hydroxylation is 2. The Kier molecular flexibility index (Phi) is 15.6. The maximum absolute atomic E-state index is 14.7. The highest BCUT2D eigenvalue weighted by molar-refractivity contribution is 9.09. The van der Waals surface area contributed by atoms with Crippen LogP contribution in [-0.4, -0.2) is 70.8 Å². The van der Waals surface area contributed by atoms with Gasteiger partial charge in [0.05, 0.1) is 58.0 Å². The molecule has 18 heteroatoms. The Morgan fingerprint density at radius 2 is 1.07 bits per heavy atom. The number of esters is 2. The highest BCUT2D eigenvalue weighted by Gasteiger charge is 2.47. The number of hydrogen-bond acceptors (Lipinski definition) is 13. The van der Waals surface area contributed by atoms with Gasteiger partial charge in [-0.2, -0.15) is 0 Å². The van der Waals surface area contributed by atoms with Crippen LogP contribution < -0.4 is 11.1 Å². The molecule has 0 spiro atoms. The Hall–Kier alpha value is -4.98. The number of carbonyl (C=O) groups is 2. The Morgan fingerprint density at radius 3 is 1.44 bits per heavy atom. The van der Waals surface area contributed by atoms with Crippen molar-refractivity contribution in [1.29, 1.82) is 0 Å². The van der Waals surface area contributed by atoms with Gasteiger partial charge in [-0.25, -0.2) is 28.3 Å². The molecule has 13 nitrogen and oxygen atoms in total. The number of fused-ring (bicyclic) bond motifs is 10. The molecule has 3 N–H and O–H groups in total. The van der Waals surface area contributed by atoms with Crippen molar-refractivity contribution < 1.29 is 43.2 Å². The summed E-state index contributed by atoms with van der Waals surface area (Å²) in [4.78, 5) is 62.3. The third-order valence-electron chi connectivity index (χ3n) is 13.8. The summed E-state index contributed by atoms with van der Waals surface area (Å²) in [6.07, 6.45) is 8.49. The fourth-order valence-corrected chi connectivity index (χ4v) is 11.4. The van der Waals surface area contributed by atoms with Gasteiger partial charge < -0.3 is 33.9 Å². The number of benzene rings is 2. The largest absolute Gasteiger partial charge is 0.458 e. The standard InChI is InChI=1S/C25H24BrFN2O4S.C25H25FN2O5S.2CH4/c1-3-25(32)17-9-20-22-15(11-29(20)23(30)16(17)12-33-24(25)31)13(6-4-5-7-26)14-8-21(34-2)18(27)10-19(14)28-22;1-3-25(32)17-9-20-22-15(11-28(20)23(30)16(17)12-33-24(25)31)13(6-4-5-7-29)14-8-21(34-2)18(26)10-19(14)27-22;;/h8-10,32H,3-7,11-12H2,1-2H3;8-10,29,32H,3-7,11-12H2,1-2H3;2*1H4/t2*25-;;/m00../s1. The van der Waals surface area contributed by atoms with Crippen molar-refractivity contribution in [2.45, 2.75) is 127 Å². The number of aliphatic hydroxyl groups is 3. The number of aromatic nitrogens is 4. The lowest BCUT2D eigenvalue weighted by Crippen LogP contribution is -2.44. The van der Waals surface area contributed by atoms with Crippen LogP contribution in [0, 0.1) is 11.6 Å². The molecule has 0 bridgehead atoms. The van der Waals surface area contributed by atoms with E-state index in [2.05, 4.69) is 15.9 Å². The molecule has 0 radical (unpaired) electrons. The predicted octanol–water partition coefficient (Wildman–Crippen LogP) is 9.19. The first-order valence-corrected chi connectivity index (χ1v) is 26.1. The van der Waals surface area contributed by atoms with Crippen LogP contribution in [0.3, 0.4) is 0 Å². The summed E-state index contributed by atoms with van der Waals surface area (Å²) in [5.41, 5.74) is 3.76. The first kappa shape index (κ1) is 52.8. The van der Waals surface area contributed by atoms with Crippen molar-refractivity contribution in [2.24, 2.45) is 0 Å². The molecule has 2 atom stereocenters. The smallest absolute Gasteiger partial charge is 0.343 e. The summed E-state index contributed by atoms with van der Waals surface area (Å²) in [7, 11) is 0. The predicted molar refractivity (Wildman–Crippen MR) is 273 cm³/mol. The topological polar surface area (TPSA) is 183 Å². The second-order valence-electron chi connectivity index (χ2n) is 17.4. The van der Waals surface area contributed by atoms with Gasteiger partial charge in [0.25, 0.3) is 11.1 Å². The van der Waals surface area contributed by atoms with Crippen molar-refractivity contribution in [1.82, 2.24) is 19.1 Å². The molecule has 0 saturated carbocycles. The number of alkyl halides is 1. The summed E-state index contributed by atoms with van der Waals surface area (Å²) >= 11 is 6.15. The van der Waals surface area contributed by atoms with Gasteiger partial charge in [0.2, 0.25) is 0 Å². The summed E-state index contributed by atoms with van der Waals surface area (Å²) < 4.78 is 42.8. The molecule has 2 aromatic carbocycles. The molecule has 0 fully saturated rings. The minimum Gasteiger partial charge on any atom is -0.458 e. The fourth-order valence-electron chi connectivity index (χ4n) is 10.0. The van der Waals surface area contributed by atoms with E-state index in [0.717, 1.165) is 64.0 Å². The first-order valence-electron chi connectivity index (χ1n) is 22.6. The molecule has 0 saturated heterocycles. The Balaban J connectivity index is 0.000000201. The van der Waals surface area contributed by atoms with E-state index in [1.807, 2.05) is 18.6 Å². The second-order valence-corrected chi connectivity index (χ2v) is 19.9.